The Morgan fingerprint density at radius 1 is 0.950 bits per heavy atom. The van der Waals surface area contributed by atoms with Crippen molar-refractivity contribution in [3.05, 3.63) is 71.3 Å². The topological polar surface area (TPSA) is 17.1 Å². The van der Waals surface area contributed by atoms with Gasteiger partial charge >= 0.3 is 0 Å². The van der Waals surface area contributed by atoms with Crippen LogP contribution in [0, 0.1) is 5.92 Å². The maximum Gasteiger partial charge on any atom is 0.193 e. The fourth-order valence-corrected chi connectivity index (χ4v) is 2.40. The van der Waals surface area contributed by atoms with Crippen LogP contribution in [0.2, 0.25) is 0 Å². The lowest BCUT2D eigenvalue weighted by molar-refractivity contribution is 0.103. The van der Waals surface area contributed by atoms with Crippen LogP contribution in [0.15, 0.2) is 54.6 Å². The number of hydrogen-bond acceptors (Lipinski definition) is 1. The summed E-state index contributed by atoms with van der Waals surface area (Å²) in [5.74, 6) is 1.20. The molecule has 0 saturated carbocycles. The molecule has 0 aliphatic rings. The van der Waals surface area contributed by atoms with Crippen molar-refractivity contribution in [2.24, 2.45) is 5.92 Å². The van der Waals surface area contributed by atoms with Crippen LogP contribution in [0.3, 0.4) is 0 Å². The van der Waals surface area contributed by atoms with E-state index in [9.17, 15) is 4.79 Å². The molecule has 0 radical (unpaired) electrons. The quantitative estimate of drug-likeness (QED) is 0.691. The van der Waals surface area contributed by atoms with Gasteiger partial charge in [-0.2, -0.15) is 0 Å². The van der Waals surface area contributed by atoms with Crippen LogP contribution in [0.25, 0.3) is 0 Å². The Hall–Kier alpha value is -1.89. The average Bonchev–Trinajstić information content (AvgIpc) is 2.53. The van der Waals surface area contributed by atoms with Crippen LogP contribution < -0.4 is 0 Å². The summed E-state index contributed by atoms with van der Waals surface area (Å²) in [6, 6.07) is 17.5. The Bertz CT molecular complexity index is 571. The number of benzene rings is 2. The maximum absolute atomic E-state index is 12.5. The van der Waals surface area contributed by atoms with Gasteiger partial charge in [0.2, 0.25) is 0 Å². The van der Waals surface area contributed by atoms with Crippen LogP contribution in [-0.2, 0) is 0 Å². The molecular weight excluding hydrogens is 244 g/mol. The third-order valence-corrected chi connectivity index (χ3v) is 4.21. The molecule has 0 heterocycles. The normalized spacial score (nSPS) is 13.8. The first-order chi connectivity index (χ1) is 9.63. The Kier molecular flexibility index (Phi) is 4.73. The zero-order chi connectivity index (χ0) is 14.5. The van der Waals surface area contributed by atoms with Gasteiger partial charge in [-0.05, 0) is 23.5 Å². The Labute approximate surface area is 121 Å². The summed E-state index contributed by atoms with van der Waals surface area (Å²) in [6.07, 6.45) is 1.15. The maximum atomic E-state index is 12.5. The van der Waals surface area contributed by atoms with Crippen molar-refractivity contribution in [3.63, 3.8) is 0 Å². The summed E-state index contributed by atoms with van der Waals surface area (Å²) in [5.41, 5.74) is 2.78. The Morgan fingerprint density at radius 2 is 1.60 bits per heavy atom. The first-order valence-corrected chi connectivity index (χ1v) is 7.33. The van der Waals surface area contributed by atoms with E-state index in [0.29, 0.717) is 11.8 Å². The molecule has 2 aromatic rings. The summed E-state index contributed by atoms with van der Waals surface area (Å²) in [4.78, 5) is 12.5. The van der Waals surface area contributed by atoms with Crippen molar-refractivity contribution in [1.29, 1.82) is 0 Å². The van der Waals surface area contributed by atoms with Crippen molar-refractivity contribution in [2.75, 3.05) is 0 Å². The molecule has 0 aliphatic heterocycles. The lowest BCUT2D eigenvalue weighted by Gasteiger charge is -2.19. The molecule has 0 N–H and O–H groups in total. The van der Waals surface area contributed by atoms with Crippen molar-refractivity contribution in [1.82, 2.24) is 0 Å². The fraction of sp³-hybridized carbons (Fsp3) is 0.316. The van der Waals surface area contributed by atoms with E-state index in [1.807, 2.05) is 48.5 Å². The fourth-order valence-electron chi connectivity index (χ4n) is 2.40. The van der Waals surface area contributed by atoms with Crippen molar-refractivity contribution >= 4 is 5.78 Å². The molecule has 0 bridgehead atoms. The van der Waals surface area contributed by atoms with Crippen LogP contribution in [0.1, 0.15) is 54.6 Å². The van der Waals surface area contributed by atoms with E-state index in [0.717, 1.165) is 17.5 Å². The molecule has 104 valence electrons. The third kappa shape index (κ3) is 3.16. The summed E-state index contributed by atoms with van der Waals surface area (Å²) in [5, 5.41) is 0. The van der Waals surface area contributed by atoms with Crippen LogP contribution in [0.5, 0.6) is 0 Å². The van der Waals surface area contributed by atoms with Gasteiger partial charge in [0.25, 0.3) is 0 Å². The van der Waals surface area contributed by atoms with Gasteiger partial charge in [-0.1, -0.05) is 75.7 Å². The molecule has 1 nitrogen and oxygen atoms in total. The zero-order valence-corrected chi connectivity index (χ0v) is 12.5. The average molecular weight is 266 g/mol. The minimum atomic E-state index is 0.101. The second kappa shape index (κ2) is 6.51. The molecule has 2 aromatic carbocycles. The van der Waals surface area contributed by atoms with Gasteiger partial charge in [-0.15, -0.1) is 0 Å². The molecule has 0 fully saturated rings. The van der Waals surface area contributed by atoms with Crippen molar-refractivity contribution in [2.45, 2.75) is 33.1 Å². The van der Waals surface area contributed by atoms with Gasteiger partial charge in [0.15, 0.2) is 5.78 Å². The van der Waals surface area contributed by atoms with E-state index in [-0.39, 0.29) is 5.78 Å². The molecule has 0 saturated heterocycles. The van der Waals surface area contributed by atoms with Gasteiger partial charge in [-0.25, -0.2) is 0 Å². The highest BCUT2D eigenvalue weighted by Gasteiger charge is 2.15. The Morgan fingerprint density at radius 3 is 2.25 bits per heavy atom. The largest absolute Gasteiger partial charge is 0.289 e. The second-order valence-electron chi connectivity index (χ2n) is 5.49. The predicted octanol–water partition coefficient (Wildman–Crippen LogP) is 5.07. The zero-order valence-electron chi connectivity index (χ0n) is 12.5. The third-order valence-electron chi connectivity index (χ3n) is 4.21. The summed E-state index contributed by atoms with van der Waals surface area (Å²) >= 11 is 0. The monoisotopic (exact) mass is 266 g/mol. The Balaban J connectivity index is 2.28. The van der Waals surface area contributed by atoms with Gasteiger partial charge < -0.3 is 0 Å². The van der Waals surface area contributed by atoms with Gasteiger partial charge in [0, 0.05) is 11.1 Å². The lowest BCUT2D eigenvalue weighted by atomic mass is 9.86. The smallest absolute Gasteiger partial charge is 0.193 e. The first kappa shape index (κ1) is 14.5. The van der Waals surface area contributed by atoms with Gasteiger partial charge in [0.1, 0.15) is 0 Å². The molecule has 1 heteroatoms. The molecule has 0 spiro atoms. The van der Waals surface area contributed by atoms with E-state index in [2.05, 4.69) is 26.8 Å². The SMILES string of the molecule is CCC(C)C(C)c1cccc(C(=O)c2ccccc2)c1. The van der Waals surface area contributed by atoms with Gasteiger partial charge in [0.05, 0.1) is 0 Å². The number of carbonyl (C=O) groups is 1. The lowest BCUT2D eigenvalue weighted by Crippen LogP contribution is -2.07. The van der Waals surface area contributed by atoms with E-state index in [1.54, 1.807) is 0 Å². The van der Waals surface area contributed by atoms with Crippen LogP contribution >= 0.6 is 0 Å². The van der Waals surface area contributed by atoms with E-state index < -0.39 is 0 Å². The predicted molar refractivity (Wildman–Crippen MR) is 84.2 cm³/mol. The first-order valence-electron chi connectivity index (χ1n) is 7.33. The molecule has 2 atom stereocenters. The summed E-state index contributed by atoms with van der Waals surface area (Å²) < 4.78 is 0. The minimum Gasteiger partial charge on any atom is -0.289 e. The highest BCUT2D eigenvalue weighted by atomic mass is 16.1. The van der Waals surface area contributed by atoms with Crippen LogP contribution in [0.4, 0.5) is 0 Å². The van der Waals surface area contributed by atoms with Crippen LogP contribution in [-0.4, -0.2) is 5.78 Å². The van der Waals surface area contributed by atoms with E-state index in [1.165, 1.54) is 5.56 Å². The molecular formula is C19H22O. The number of rotatable bonds is 5. The highest BCUT2D eigenvalue weighted by Crippen LogP contribution is 2.27. The molecule has 20 heavy (non-hydrogen) atoms. The molecule has 2 rings (SSSR count). The summed E-state index contributed by atoms with van der Waals surface area (Å²) in [6.45, 7) is 6.71. The minimum absolute atomic E-state index is 0.101. The molecule has 2 unspecified atom stereocenters. The number of hydrogen-bond donors (Lipinski definition) is 0. The molecule has 0 aliphatic carbocycles. The number of ketones is 1. The van der Waals surface area contributed by atoms with Crippen molar-refractivity contribution in [3.8, 4) is 0 Å². The van der Waals surface area contributed by atoms with Crippen molar-refractivity contribution < 1.29 is 4.79 Å². The van der Waals surface area contributed by atoms with Gasteiger partial charge in [-0.3, -0.25) is 4.79 Å². The molecule has 0 aromatic heterocycles. The highest BCUT2D eigenvalue weighted by molar-refractivity contribution is 6.09. The number of carbonyl (C=O) groups excluding carboxylic acids is 1. The standard InChI is InChI=1S/C19H22O/c1-4-14(2)15(3)17-11-8-12-18(13-17)19(20)16-9-6-5-7-10-16/h5-15H,4H2,1-3H3. The second-order valence-corrected chi connectivity index (χ2v) is 5.49. The van der Waals surface area contributed by atoms with E-state index in [4.69, 9.17) is 0 Å². The molecule has 0 amide bonds. The summed E-state index contributed by atoms with van der Waals surface area (Å²) in [7, 11) is 0. The van der Waals surface area contributed by atoms with E-state index >= 15 is 0 Å².